The van der Waals surface area contributed by atoms with Gasteiger partial charge in [0.1, 0.15) is 0 Å². The van der Waals surface area contributed by atoms with Gasteiger partial charge in [0.2, 0.25) is 10.3 Å². The van der Waals surface area contributed by atoms with Gasteiger partial charge < -0.3 is 4.90 Å². The molecule has 1 heterocycles. The Bertz CT molecular complexity index is 360. The first kappa shape index (κ1) is 11.0. The van der Waals surface area contributed by atoms with Gasteiger partial charge in [-0.25, -0.2) is 0 Å². The lowest BCUT2D eigenvalue weighted by Gasteiger charge is -2.18. The molecule has 0 atom stereocenters. The first-order chi connectivity index (χ1) is 6.68. The highest BCUT2D eigenvalue weighted by Gasteiger charge is 2.04. The Morgan fingerprint density at radius 2 is 2.43 bits per heavy atom. The predicted octanol–water partition coefficient (Wildman–Crippen LogP) is 0.696. The first-order valence-corrected chi connectivity index (χ1v) is 5.66. The van der Waals surface area contributed by atoms with E-state index < -0.39 is 10.3 Å². The minimum Gasteiger partial charge on any atom is -0.374 e. The van der Waals surface area contributed by atoms with Crippen LogP contribution in [0.2, 0.25) is 0 Å². The summed E-state index contributed by atoms with van der Waals surface area (Å²) in [5.74, 6) is 0. The monoisotopic (exact) mass is 214 g/mol. The second-order valence-corrected chi connectivity index (χ2v) is 4.08. The highest BCUT2D eigenvalue weighted by molar-refractivity contribution is 7.71. The maximum Gasteiger partial charge on any atom is 0.209 e. The molecule has 0 aromatic rings. The summed E-state index contributed by atoms with van der Waals surface area (Å²) in [6, 6.07) is 0. The predicted molar refractivity (Wildman–Crippen MR) is 58.0 cm³/mol. The van der Waals surface area contributed by atoms with Crippen LogP contribution >= 0.6 is 0 Å². The second kappa shape index (κ2) is 5.59. The van der Waals surface area contributed by atoms with E-state index in [-0.39, 0.29) is 0 Å². The summed E-state index contributed by atoms with van der Waals surface area (Å²) in [5, 5.41) is 1.29. The molecular weight excluding hydrogens is 200 g/mol. The van der Waals surface area contributed by atoms with Crippen molar-refractivity contribution in [2.75, 3.05) is 13.6 Å². The van der Waals surface area contributed by atoms with E-state index in [2.05, 4.69) is 9.89 Å². The molecule has 0 saturated carbocycles. The number of nitrogens with zero attached hydrogens (tertiary/aromatic N) is 2. The molecule has 0 radical (unpaired) electrons. The van der Waals surface area contributed by atoms with Crippen molar-refractivity contribution in [2.24, 2.45) is 4.99 Å². The molecule has 14 heavy (non-hydrogen) atoms. The van der Waals surface area contributed by atoms with Crippen molar-refractivity contribution >= 4 is 21.4 Å². The van der Waals surface area contributed by atoms with Crippen molar-refractivity contribution < 1.29 is 8.42 Å². The van der Waals surface area contributed by atoms with Gasteiger partial charge >= 0.3 is 0 Å². The molecule has 1 aliphatic rings. The van der Waals surface area contributed by atoms with Gasteiger partial charge in [-0.15, -0.1) is 0 Å². The quantitative estimate of drug-likeness (QED) is 0.511. The van der Waals surface area contributed by atoms with Gasteiger partial charge in [-0.1, -0.05) is 0 Å². The molecule has 0 aliphatic carbocycles. The van der Waals surface area contributed by atoms with Gasteiger partial charge in [0.05, 0.1) is 6.54 Å². The molecule has 0 N–H and O–H groups in total. The van der Waals surface area contributed by atoms with Crippen molar-refractivity contribution in [1.29, 1.82) is 0 Å². The summed E-state index contributed by atoms with van der Waals surface area (Å²) in [6.07, 6.45) is 6.00. The molecule has 5 heteroatoms. The molecule has 1 aliphatic heterocycles. The van der Waals surface area contributed by atoms with Crippen molar-refractivity contribution in [2.45, 2.75) is 19.3 Å². The summed E-state index contributed by atoms with van der Waals surface area (Å²) >= 11 is 0. The van der Waals surface area contributed by atoms with Crippen LogP contribution in [0.15, 0.2) is 17.4 Å². The van der Waals surface area contributed by atoms with Gasteiger partial charge in [0.15, 0.2) is 0 Å². The lowest BCUT2D eigenvalue weighted by Crippen LogP contribution is -2.23. The van der Waals surface area contributed by atoms with Crippen LogP contribution in [-0.2, 0) is 10.3 Å². The van der Waals surface area contributed by atoms with Gasteiger partial charge in [0, 0.05) is 30.5 Å². The van der Waals surface area contributed by atoms with E-state index in [1.807, 2.05) is 13.2 Å². The Kier molecular flexibility index (Phi) is 4.39. The average molecular weight is 214 g/mol. The van der Waals surface area contributed by atoms with E-state index in [9.17, 15) is 8.42 Å². The van der Waals surface area contributed by atoms with Crippen molar-refractivity contribution in [1.82, 2.24) is 4.90 Å². The summed E-state index contributed by atoms with van der Waals surface area (Å²) in [5.41, 5.74) is 1.11. The molecule has 0 aromatic heterocycles. The minimum atomic E-state index is -2.02. The summed E-state index contributed by atoms with van der Waals surface area (Å²) in [7, 11) is -0.0282. The molecule has 0 aromatic carbocycles. The van der Waals surface area contributed by atoms with E-state index >= 15 is 0 Å². The summed E-state index contributed by atoms with van der Waals surface area (Å²) in [4.78, 5) is 6.28. The zero-order valence-corrected chi connectivity index (χ0v) is 9.00. The van der Waals surface area contributed by atoms with Crippen LogP contribution in [0.5, 0.6) is 0 Å². The molecule has 0 bridgehead atoms. The fraction of sp³-hybridized carbons (Fsp3) is 0.556. The minimum absolute atomic E-state index is 0.600. The Labute approximate surface area is 85.5 Å². The Morgan fingerprint density at radius 3 is 3.07 bits per heavy atom. The fourth-order valence-electron chi connectivity index (χ4n) is 1.26. The standard InChI is InChI=1S/C9H14N2O2S/c1-11-6-5-10-9(8-11)4-2-3-7-14(12)13/h5-7H,2-4,8H2,1H3. The van der Waals surface area contributed by atoms with Crippen LogP contribution in [0.4, 0.5) is 0 Å². The van der Waals surface area contributed by atoms with Crippen molar-refractivity contribution in [3.63, 3.8) is 0 Å². The maximum atomic E-state index is 10.2. The molecule has 0 saturated heterocycles. The number of unbranched alkanes of at least 4 members (excludes halogenated alkanes) is 1. The van der Waals surface area contributed by atoms with Crippen LogP contribution in [-0.4, -0.2) is 38.0 Å². The third-order valence-corrected chi connectivity index (χ3v) is 2.44. The topological polar surface area (TPSA) is 49.7 Å². The summed E-state index contributed by atoms with van der Waals surface area (Å²) < 4.78 is 20.4. The lowest BCUT2D eigenvalue weighted by molar-refractivity contribution is 0.512. The van der Waals surface area contributed by atoms with E-state index in [1.165, 1.54) is 5.37 Å². The van der Waals surface area contributed by atoms with Gasteiger partial charge in [-0.3, -0.25) is 4.99 Å². The van der Waals surface area contributed by atoms with Crippen molar-refractivity contribution in [3.05, 3.63) is 12.4 Å². The van der Waals surface area contributed by atoms with E-state index in [1.54, 1.807) is 6.20 Å². The smallest absolute Gasteiger partial charge is 0.209 e. The van der Waals surface area contributed by atoms with Crippen LogP contribution < -0.4 is 0 Å². The van der Waals surface area contributed by atoms with Crippen molar-refractivity contribution in [3.8, 4) is 0 Å². The molecular formula is C9H14N2O2S. The molecule has 1 rings (SSSR count). The number of rotatable bonds is 4. The Morgan fingerprint density at radius 1 is 1.64 bits per heavy atom. The second-order valence-electron chi connectivity index (χ2n) is 3.23. The lowest BCUT2D eigenvalue weighted by atomic mass is 10.1. The third kappa shape index (κ3) is 4.23. The van der Waals surface area contributed by atoms with E-state index in [4.69, 9.17) is 0 Å². The molecule has 0 spiro atoms. The average Bonchev–Trinajstić information content (AvgIpc) is 2.12. The fourth-order valence-corrected chi connectivity index (χ4v) is 1.62. The number of hydrogen-bond acceptors (Lipinski definition) is 4. The molecule has 0 amide bonds. The third-order valence-electron chi connectivity index (χ3n) is 1.93. The maximum absolute atomic E-state index is 10.2. The van der Waals surface area contributed by atoms with Crippen LogP contribution in [0, 0.1) is 0 Å². The van der Waals surface area contributed by atoms with Crippen LogP contribution in [0.25, 0.3) is 0 Å². The SMILES string of the molecule is CN1C=CN=C(CCCC=S(=O)=O)C1. The highest BCUT2D eigenvalue weighted by Crippen LogP contribution is 2.03. The largest absolute Gasteiger partial charge is 0.374 e. The number of aliphatic imine (C=N–C) groups is 1. The summed E-state index contributed by atoms with van der Waals surface area (Å²) in [6.45, 7) is 0.844. The van der Waals surface area contributed by atoms with Gasteiger partial charge in [0.25, 0.3) is 0 Å². The van der Waals surface area contributed by atoms with Gasteiger partial charge in [-0.05, 0) is 19.3 Å². The zero-order valence-electron chi connectivity index (χ0n) is 8.18. The Hall–Kier alpha value is -1.10. The van der Waals surface area contributed by atoms with E-state index in [0.29, 0.717) is 6.42 Å². The normalized spacial score (nSPS) is 15.2. The number of hydrogen-bond donors (Lipinski definition) is 0. The molecule has 0 unspecified atom stereocenters. The Balaban J connectivity index is 2.29. The molecule has 4 nitrogen and oxygen atoms in total. The first-order valence-electron chi connectivity index (χ1n) is 4.52. The van der Waals surface area contributed by atoms with Crippen LogP contribution in [0.1, 0.15) is 19.3 Å². The highest BCUT2D eigenvalue weighted by atomic mass is 32.2. The van der Waals surface area contributed by atoms with E-state index in [0.717, 1.165) is 25.1 Å². The van der Waals surface area contributed by atoms with Crippen LogP contribution in [0.3, 0.4) is 0 Å². The van der Waals surface area contributed by atoms with Gasteiger partial charge in [-0.2, -0.15) is 8.42 Å². The molecule has 78 valence electrons. The zero-order chi connectivity index (χ0) is 10.4. The molecule has 0 fully saturated rings.